The van der Waals surface area contributed by atoms with E-state index in [1.54, 1.807) is 28.8 Å². The smallest absolute Gasteiger partial charge is 0.396 e. The molecule has 3 rings (SSSR count). The maximum Gasteiger partial charge on any atom is 0.416 e. The van der Waals surface area contributed by atoms with E-state index in [-0.39, 0.29) is 11.8 Å². The molecule has 0 saturated carbocycles. The summed E-state index contributed by atoms with van der Waals surface area (Å²) < 4.78 is 41.0. The molecule has 0 unspecified atom stereocenters. The first kappa shape index (κ1) is 19.1. The Morgan fingerprint density at radius 3 is 2.41 bits per heavy atom. The van der Waals surface area contributed by atoms with Crippen LogP contribution in [-0.4, -0.2) is 16.4 Å². The Kier molecular flexibility index (Phi) is 5.06. The fourth-order valence-electron chi connectivity index (χ4n) is 3.10. The standard InChI is InChI=1S/C19H17ClF3N3O/c1-2-26-15-9-12(19(21,22)23)5-8-14(15)17(24)18(26)11-3-6-13(7-4-11)25-16(27)10-20/h3-9H,2,10,24H2,1H3,(H,25,27). The number of hydrogen-bond acceptors (Lipinski definition) is 2. The van der Waals surface area contributed by atoms with E-state index in [0.717, 1.165) is 17.7 Å². The van der Waals surface area contributed by atoms with Gasteiger partial charge in [-0.1, -0.05) is 18.2 Å². The van der Waals surface area contributed by atoms with Crippen LogP contribution in [0.3, 0.4) is 0 Å². The van der Waals surface area contributed by atoms with E-state index in [4.69, 9.17) is 17.3 Å². The third-order valence-corrected chi connectivity index (χ3v) is 4.55. The zero-order chi connectivity index (χ0) is 19.8. The number of nitrogens with zero attached hydrogens (tertiary/aromatic N) is 1. The zero-order valence-electron chi connectivity index (χ0n) is 14.4. The molecule has 0 fully saturated rings. The van der Waals surface area contributed by atoms with Crippen LogP contribution in [0.25, 0.3) is 22.2 Å². The molecule has 0 bridgehead atoms. The minimum atomic E-state index is -4.42. The van der Waals surface area contributed by atoms with E-state index in [1.807, 2.05) is 6.92 Å². The van der Waals surface area contributed by atoms with Crippen molar-refractivity contribution in [3.63, 3.8) is 0 Å². The Morgan fingerprint density at radius 2 is 1.85 bits per heavy atom. The number of nitrogens with two attached hydrogens (primary N) is 1. The summed E-state index contributed by atoms with van der Waals surface area (Å²) in [5.41, 5.74) is 8.34. The van der Waals surface area contributed by atoms with Crippen molar-refractivity contribution < 1.29 is 18.0 Å². The number of fused-ring (bicyclic) bond motifs is 1. The number of alkyl halides is 4. The summed E-state index contributed by atoms with van der Waals surface area (Å²) in [6.07, 6.45) is -4.42. The summed E-state index contributed by atoms with van der Waals surface area (Å²) in [7, 11) is 0. The third kappa shape index (κ3) is 3.60. The summed E-state index contributed by atoms with van der Waals surface area (Å²) in [5.74, 6) is -0.480. The number of carbonyl (C=O) groups excluding carboxylic acids is 1. The number of nitrogens with one attached hydrogen (secondary N) is 1. The lowest BCUT2D eigenvalue weighted by Crippen LogP contribution is -2.12. The molecular weight excluding hydrogens is 379 g/mol. The molecule has 0 atom stereocenters. The zero-order valence-corrected chi connectivity index (χ0v) is 15.2. The molecular formula is C19H17ClF3N3O. The molecule has 142 valence electrons. The normalized spacial score (nSPS) is 11.7. The SMILES string of the molecule is CCn1c(-c2ccc(NC(=O)CCl)cc2)c(N)c2ccc(C(F)(F)F)cc21. The number of rotatable bonds is 4. The summed E-state index contributed by atoms with van der Waals surface area (Å²) in [4.78, 5) is 11.4. The summed E-state index contributed by atoms with van der Waals surface area (Å²) in [6.45, 7) is 2.30. The monoisotopic (exact) mass is 395 g/mol. The number of anilines is 2. The van der Waals surface area contributed by atoms with Gasteiger partial charge in [-0.2, -0.15) is 13.2 Å². The van der Waals surface area contributed by atoms with Crippen LogP contribution in [0.2, 0.25) is 0 Å². The second-order valence-electron chi connectivity index (χ2n) is 6.00. The van der Waals surface area contributed by atoms with Gasteiger partial charge in [-0.15, -0.1) is 11.6 Å². The molecule has 27 heavy (non-hydrogen) atoms. The average Bonchev–Trinajstić information content (AvgIpc) is 2.93. The van der Waals surface area contributed by atoms with E-state index in [2.05, 4.69) is 5.32 Å². The highest BCUT2D eigenvalue weighted by Gasteiger charge is 2.31. The second kappa shape index (κ2) is 7.15. The lowest BCUT2D eigenvalue weighted by Gasteiger charge is -2.11. The molecule has 0 radical (unpaired) electrons. The van der Waals surface area contributed by atoms with Crippen LogP contribution in [0.15, 0.2) is 42.5 Å². The van der Waals surface area contributed by atoms with Gasteiger partial charge in [-0.05, 0) is 31.2 Å². The molecule has 0 aliphatic rings. The number of amides is 1. The number of carbonyl (C=O) groups is 1. The quantitative estimate of drug-likeness (QED) is 0.603. The number of halogens is 4. The molecule has 2 aromatic carbocycles. The number of aromatic nitrogens is 1. The molecule has 1 heterocycles. The highest BCUT2D eigenvalue weighted by Crippen LogP contribution is 2.39. The minimum Gasteiger partial charge on any atom is -0.396 e. The van der Waals surface area contributed by atoms with Gasteiger partial charge in [0, 0.05) is 23.2 Å². The van der Waals surface area contributed by atoms with Crippen LogP contribution < -0.4 is 11.1 Å². The molecule has 0 spiro atoms. The van der Waals surface area contributed by atoms with Gasteiger partial charge in [0.05, 0.1) is 22.5 Å². The molecule has 8 heteroatoms. The third-order valence-electron chi connectivity index (χ3n) is 4.31. The average molecular weight is 396 g/mol. The highest BCUT2D eigenvalue weighted by atomic mass is 35.5. The maximum absolute atomic E-state index is 13.1. The predicted molar refractivity (Wildman–Crippen MR) is 102 cm³/mol. The Bertz CT molecular complexity index is 994. The van der Waals surface area contributed by atoms with Crippen molar-refractivity contribution >= 4 is 39.8 Å². The van der Waals surface area contributed by atoms with Gasteiger partial charge in [0.25, 0.3) is 0 Å². The minimum absolute atomic E-state index is 0.152. The van der Waals surface area contributed by atoms with Crippen molar-refractivity contribution in [2.45, 2.75) is 19.6 Å². The Morgan fingerprint density at radius 1 is 1.19 bits per heavy atom. The van der Waals surface area contributed by atoms with Crippen molar-refractivity contribution in [1.82, 2.24) is 4.57 Å². The van der Waals surface area contributed by atoms with E-state index in [0.29, 0.717) is 34.5 Å². The van der Waals surface area contributed by atoms with Crippen molar-refractivity contribution in [3.8, 4) is 11.3 Å². The topological polar surface area (TPSA) is 60.0 Å². The molecule has 1 aromatic heterocycles. The van der Waals surface area contributed by atoms with E-state index < -0.39 is 11.7 Å². The predicted octanol–water partition coefficient (Wildman–Crippen LogP) is 5.11. The number of aryl methyl sites for hydroxylation is 1. The molecule has 0 aliphatic carbocycles. The lowest BCUT2D eigenvalue weighted by atomic mass is 10.1. The fraction of sp³-hybridized carbons (Fsp3) is 0.211. The lowest BCUT2D eigenvalue weighted by molar-refractivity contribution is -0.137. The van der Waals surface area contributed by atoms with Crippen LogP contribution in [0.5, 0.6) is 0 Å². The number of benzene rings is 2. The Hall–Kier alpha value is -2.67. The van der Waals surface area contributed by atoms with Crippen molar-refractivity contribution in [2.75, 3.05) is 16.9 Å². The van der Waals surface area contributed by atoms with E-state index >= 15 is 0 Å². The molecule has 4 nitrogen and oxygen atoms in total. The van der Waals surface area contributed by atoms with E-state index in [1.165, 1.54) is 6.07 Å². The first-order chi connectivity index (χ1) is 12.8. The van der Waals surface area contributed by atoms with Gasteiger partial charge in [0.15, 0.2) is 0 Å². The van der Waals surface area contributed by atoms with Crippen LogP contribution in [0.1, 0.15) is 12.5 Å². The van der Waals surface area contributed by atoms with Gasteiger partial charge < -0.3 is 15.6 Å². The maximum atomic E-state index is 13.1. The summed E-state index contributed by atoms with van der Waals surface area (Å²) >= 11 is 5.47. The van der Waals surface area contributed by atoms with Crippen LogP contribution >= 0.6 is 11.6 Å². The van der Waals surface area contributed by atoms with Gasteiger partial charge in [0.2, 0.25) is 5.91 Å². The highest BCUT2D eigenvalue weighted by molar-refractivity contribution is 6.29. The van der Waals surface area contributed by atoms with Gasteiger partial charge >= 0.3 is 6.18 Å². The number of hydrogen-bond donors (Lipinski definition) is 2. The van der Waals surface area contributed by atoms with Crippen molar-refractivity contribution in [2.24, 2.45) is 0 Å². The fourth-order valence-corrected chi connectivity index (χ4v) is 3.16. The summed E-state index contributed by atoms with van der Waals surface area (Å²) in [5, 5.41) is 3.20. The Balaban J connectivity index is 2.11. The second-order valence-corrected chi connectivity index (χ2v) is 6.26. The largest absolute Gasteiger partial charge is 0.416 e. The first-order valence-corrected chi connectivity index (χ1v) is 8.75. The molecule has 0 aliphatic heterocycles. The Labute approximate surface area is 158 Å². The van der Waals surface area contributed by atoms with Gasteiger partial charge in [-0.25, -0.2) is 0 Å². The first-order valence-electron chi connectivity index (χ1n) is 8.21. The molecule has 1 amide bonds. The molecule has 3 N–H and O–H groups in total. The molecule has 3 aromatic rings. The van der Waals surface area contributed by atoms with Gasteiger partial charge in [0.1, 0.15) is 5.88 Å². The number of nitrogen functional groups attached to an aromatic ring is 1. The van der Waals surface area contributed by atoms with Crippen LogP contribution in [0, 0.1) is 0 Å². The van der Waals surface area contributed by atoms with Crippen LogP contribution in [-0.2, 0) is 17.5 Å². The van der Waals surface area contributed by atoms with Crippen molar-refractivity contribution in [3.05, 3.63) is 48.0 Å². The van der Waals surface area contributed by atoms with Crippen molar-refractivity contribution in [1.29, 1.82) is 0 Å². The molecule has 0 saturated heterocycles. The van der Waals surface area contributed by atoms with Gasteiger partial charge in [-0.3, -0.25) is 4.79 Å². The summed E-state index contributed by atoms with van der Waals surface area (Å²) in [6, 6.07) is 10.5. The van der Waals surface area contributed by atoms with Crippen LogP contribution in [0.4, 0.5) is 24.5 Å². The van der Waals surface area contributed by atoms with E-state index in [9.17, 15) is 18.0 Å².